The van der Waals surface area contributed by atoms with Gasteiger partial charge in [0.15, 0.2) is 0 Å². The minimum atomic E-state index is -0.344. The van der Waals surface area contributed by atoms with Crippen molar-refractivity contribution >= 4 is 5.91 Å². The fourth-order valence-corrected chi connectivity index (χ4v) is 3.42. The number of benzene rings is 2. The van der Waals surface area contributed by atoms with Crippen molar-refractivity contribution in [2.45, 2.75) is 64.6 Å². The van der Waals surface area contributed by atoms with Crippen LogP contribution in [0.2, 0.25) is 0 Å². The Bertz CT molecular complexity index is 733. The predicted molar refractivity (Wildman–Crippen MR) is 112 cm³/mol. The molecular weight excluding hydrogens is 332 g/mol. The molecule has 2 N–H and O–H groups in total. The Labute approximate surface area is 163 Å². The summed E-state index contributed by atoms with van der Waals surface area (Å²) in [4.78, 5) is 13.0. The van der Waals surface area contributed by atoms with Gasteiger partial charge in [0.25, 0.3) is 0 Å². The highest BCUT2D eigenvalue weighted by molar-refractivity contribution is 5.83. The van der Waals surface area contributed by atoms with E-state index in [1.54, 1.807) is 0 Å². The quantitative estimate of drug-likeness (QED) is 0.683. The standard InChI is InChI=1S/C24H32N2O/c1-16(2)18-10-12-20(13-11-18)22(17(3)4)26-23(19-8-6-5-7-9-19)24(27)25-21-14-15-21/h5-13,16-17,21-23,26H,14-15H2,1-4H3,(H,25,27)/t22-,23-/m1/s1. The molecule has 1 fully saturated rings. The largest absolute Gasteiger partial charge is 0.352 e. The molecule has 1 aliphatic rings. The van der Waals surface area contributed by atoms with Crippen LogP contribution in [0.15, 0.2) is 54.6 Å². The molecule has 0 bridgehead atoms. The van der Waals surface area contributed by atoms with Crippen LogP contribution in [0, 0.1) is 5.92 Å². The van der Waals surface area contributed by atoms with Crippen LogP contribution < -0.4 is 10.6 Å². The predicted octanol–water partition coefficient (Wildman–Crippen LogP) is 5.12. The second-order valence-electron chi connectivity index (χ2n) is 8.34. The van der Waals surface area contributed by atoms with E-state index in [-0.39, 0.29) is 18.0 Å². The number of rotatable bonds is 8. The smallest absolute Gasteiger partial charge is 0.241 e. The average molecular weight is 365 g/mol. The van der Waals surface area contributed by atoms with E-state index in [9.17, 15) is 4.79 Å². The van der Waals surface area contributed by atoms with Gasteiger partial charge in [0.1, 0.15) is 6.04 Å². The summed E-state index contributed by atoms with van der Waals surface area (Å²) in [7, 11) is 0. The molecule has 144 valence electrons. The monoisotopic (exact) mass is 364 g/mol. The van der Waals surface area contributed by atoms with Crippen molar-refractivity contribution in [3.63, 3.8) is 0 Å². The van der Waals surface area contributed by atoms with Gasteiger partial charge in [-0.25, -0.2) is 0 Å². The van der Waals surface area contributed by atoms with Crippen molar-refractivity contribution in [3.8, 4) is 0 Å². The molecule has 1 saturated carbocycles. The third-order valence-corrected chi connectivity index (χ3v) is 5.29. The highest BCUT2D eigenvalue weighted by Crippen LogP contribution is 2.28. The van der Waals surface area contributed by atoms with Crippen LogP contribution in [-0.2, 0) is 4.79 Å². The molecule has 1 aliphatic carbocycles. The highest BCUT2D eigenvalue weighted by atomic mass is 16.2. The van der Waals surface area contributed by atoms with Crippen molar-refractivity contribution in [1.82, 2.24) is 10.6 Å². The first-order valence-electron chi connectivity index (χ1n) is 10.2. The Hall–Kier alpha value is -2.13. The SMILES string of the molecule is CC(C)c1ccc([C@H](N[C@@H](C(=O)NC2CC2)c2ccccc2)C(C)C)cc1. The van der Waals surface area contributed by atoms with Crippen LogP contribution >= 0.6 is 0 Å². The van der Waals surface area contributed by atoms with Crippen molar-refractivity contribution in [2.75, 3.05) is 0 Å². The minimum Gasteiger partial charge on any atom is -0.352 e. The summed E-state index contributed by atoms with van der Waals surface area (Å²) >= 11 is 0. The summed E-state index contributed by atoms with van der Waals surface area (Å²) in [5.41, 5.74) is 3.59. The normalized spacial score (nSPS) is 16.4. The number of amides is 1. The molecule has 0 unspecified atom stereocenters. The lowest BCUT2D eigenvalue weighted by molar-refractivity contribution is -0.123. The first-order chi connectivity index (χ1) is 13.0. The molecule has 1 amide bonds. The minimum absolute atomic E-state index is 0.0770. The number of carbonyl (C=O) groups excluding carboxylic acids is 1. The molecule has 27 heavy (non-hydrogen) atoms. The van der Waals surface area contributed by atoms with E-state index in [1.165, 1.54) is 11.1 Å². The number of hydrogen-bond donors (Lipinski definition) is 2. The summed E-state index contributed by atoms with van der Waals surface area (Å²) in [5.74, 6) is 0.967. The Balaban J connectivity index is 1.84. The van der Waals surface area contributed by atoms with E-state index < -0.39 is 0 Å². The van der Waals surface area contributed by atoms with Gasteiger partial charge in [-0.15, -0.1) is 0 Å². The average Bonchev–Trinajstić information content (AvgIpc) is 3.47. The summed E-state index contributed by atoms with van der Waals surface area (Å²) in [6.45, 7) is 8.82. The van der Waals surface area contributed by atoms with Gasteiger partial charge in [-0.3, -0.25) is 10.1 Å². The summed E-state index contributed by atoms with van der Waals surface area (Å²) in [6.07, 6.45) is 2.19. The molecule has 0 radical (unpaired) electrons. The lowest BCUT2D eigenvalue weighted by Gasteiger charge is -2.29. The van der Waals surface area contributed by atoms with Gasteiger partial charge < -0.3 is 5.32 Å². The van der Waals surface area contributed by atoms with Gasteiger partial charge >= 0.3 is 0 Å². The Morgan fingerprint density at radius 2 is 1.44 bits per heavy atom. The molecule has 0 aromatic heterocycles. The molecule has 0 aliphatic heterocycles. The third-order valence-electron chi connectivity index (χ3n) is 5.29. The first kappa shape index (κ1) is 19.6. The topological polar surface area (TPSA) is 41.1 Å². The van der Waals surface area contributed by atoms with Crippen LogP contribution in [0.25, 0.3) is 0 Å². The van der Waals surface area contributed by atoms with Crippen molar-refractivity contribution in [1.29, 1.82) is 0 Å². The van der Waals surface area contributed by atoms with Gasteiger partial charge in [0.05, 0.1) is 0 Å². The second kappa shape index (κ2) is 8.71. The van der Waals surface area contributed by atoms with Gasteiger partial charge in [0.2, 0.25) is 5.91 Å². The molecule has 3 rings (SSSR count). The fraction of sp³-hybridized carbons (Fsp3) is 0.458. The van der Waals surface area contributed by atoms with E-state index in [4.69, 9.17) is 0 Å². The van der Waals surface area contributed by atoms with Crippen LogP contribution in [0.1, 0.15) is 75.2 Å². The van der Waals surface area contributed by atoms with Crippen LogP contribution in [0.3, 0.4) is 0 Å². The second-order valence-corrected chi connectivity index (χ2v) is 8.34. The van der Waals surface area contributed by atoms with Crippen LogP contribution in [0.4, 0.5) is 0 Å². The van der Waals surface area contributed by atoms with E-state index in [2.05, 4.69) is 62.6 Å². The molecule has 2 aromatic rings. The maximum Gasteiger partial charge on any atom is 0.241 e. The van der Waals surface area contributed by atoms with E-state index in [0.29, 0.717) is 17.9 Å². The van der Waals surface area contributed by atoms with Crippen molar-refractivity contribution < 1.29 is 4.79 Å². The maximum atomic E-state index is 13.0. The summed E-state index contributed by atoms with van der Waals surface area (Å²) in [6, 6.07) is 19.0. The Kier molecular flexibility index (Phi) is 6.33. The molecule has 2 aromatic carbocycles. The van der Waals surface area contributed by atoms with E-state index >= 15 is 0 Å². The third kappa shape index (κ3) is 5.20. The molecule has 3 heteroatoms. The molecule has 0 spiro atoms. The maximum absolute atomic E-state index is 13.0. The Morgan fingerprint density at radius 1 is 0.852 bits per heavy atom. The number of nitrogens with one attached hydrogen (secondary N) is 2. The van der Waals surface area contributed by atoms with E-state index in [1.807, 2.05) is 30.3 Å². The molecule has 2 atom stereocenters. The zero-order valence-corrected chi connectivity index (χ0v) is 16.9. The number of hydrogen-bond acceptors (Lipinski definition) is 2. The Morgan fingerprint density at radius 3 is 1.96 bits per heavy atom. The van der Waals surface area contributed by atoms with Crippen molar-refractivity contribution in [3.05, 3.63) is 71.3 Å². The molecule has 3 nitrogen and oxygen atoms in total. The van der Waals surface area contributed by atoms with Gasteiger partial charge in [0, 0.05) is 12.1 Å². The van der Waals surface area contributed by atoms with E-state index in [0.717, 1.165) is 18.4 Å². The lowest BCUT2D eigenvalue weighted by atomic mass is 9.92. The van der Waals surface area contributed by atoms with Gasteiger partial charge in [-0.1, -0.05) is 82.3 Å². The zero-order chi connectivity index (χ0) is 19.4. The van der Waals surface area contributed by atoms with Crippen LogP contribution in [0.5, 0.6) is 0 Å². The first-order valence-corrected chi connectivity index (χ1v) is 10.2. The van der Waals surface area contributed by atoms with Crippen molar-refractivity contribution in [2.24, 2.45) is 5.92 Å². The molecular formula is C24H32N2O. The van der Waals surface area contributed by atoms with Gasteiger partial charge in [-0.2, -0.15) is 0 Å². The molecule has 0 saturated heterocycles. The fourth-order valence-electron chi connectivity index (χ4n) is 3.42. The summed E-state index contributed by atoms with van der Waals surface area (Å²) < 4.78 is 0. The van der Waals surface area contributed by atoms with Crippen LogP contribution in [-0.4, -0.2) is 11.9 Å². The van der Waals surface area contributed by atoms with Gasteiger partial charge in [-0.05, 0) is 41.4 Å². The highest BCUT2D eigenvalue weighted by Gasteiger charge is 2.30. The zero-order valence-electron chi connectivity index (χ0n) is 16.9. The lowest BCUT2D eigenvalue weighted by Crippen LogP contribution is -2.41. The summed E-state index contributed by atoms with van der Waals surface area (Å²) in [5, 5.41) is 6.83. The number of carbonyl (C=O) groups is 1. The molecule has 0 heterocycles.